The number of nitrogens with one attached hydrogen (secondary N) is 1. The van der Waals surface area contributed by atoms with Crippen LogP contribution < -0.4 is 10.2 Å². The summed E-state index contributed by atoms with van der Waals surface area (Å²) in [7, 11) is 0. The molecule has 5 nitrogen and oxygen atoms in total. The number of aryl methyl sites for hydroxylation is 1. The van der Waals surface area contributed by atoms with E-state index in [4.69, 9.17) is 0 Å². The summed E-state index contributed by atoms with van der Waals surface area (Å²) in [6.45, 7) is 5.96. The lowest BCUT2D eigenvalue weighted by atomic mass is 9.90. The second kappa shape index (κ2) is 11.3. The molecule has 0 spiro atoms. The van der Waals surface area contributed by atoms with Gasteiger partial charge in [-0.05, 0) is 75.6 Å². The monoisotopic (exact) mass is 420 g/mol. The molecule has 2 aliphatic heterocycles. The zero-order valence-electron chi connectivity index (χ0n) is 18.6. The maximum Gasteiger partial charge on any atom is 0.253 e. The number of carbonyl (C=O) groups is 1. The highest BCUT2D eigenvalue weighted by Crippen LogP contribution is 2.24. The highest BCUT2D eigenvalue weighted by atomic mass is 16.1. The lowest BCUT2D eigenvalue weighted by molar-refractivity contribution is 0.0944. The molecule has 0 unspecified atom stereocenters. The van der Waals surface area contributed by atoms with Crippen molar-refractivity contribution in [3.8, 4) is 0 Å². The number of likely N-dealkylation sites (tertiary alicyclic amines) is 1. The fraction of sp³-hybridized carbons (Fsp3) is 0.538. The van der Waals surface area contributed by atoms with Gasteiger partial charge in [0, 0.05) is 32.4 Å². The molecule has 0 radical (unpaired) electrons. The Labute approximate surface area is 186 Å². The molecule has 4 rings (SSSR count). The van der Waals surface area contributed by atoms with Gasteiger partial charge in [0.15, 0.2) is 0 Å². The summed E-state index contributed by atoms with van der Waals surface area (Å²) < 4.78 is 0. The quantitative estimate of drug-likeness (QED) is 0.697. The van der Waals surface area contributed by atoms with E-state index < -0.39 is 0 Å². The van der Waals surface area contributed by atoms with Crippen molar-refractivity contribution in [1.82, 2.24) is 15.2 Å². The zero-order valence-corrected chi connectivity index (χ0v) is 18.6. The Morgan fingerprint density at radius 2 is 1.77 bits per heavy atom. The van der Waals surface area contributed by atoms with Crippen molar-refractivity contribution < 1.29 is 4.79 Å². The van der Waals surface area contributed by atoms with Crippen LogP contribution in [0.2, 0.25) is 0 Å². The molecule has 2 saturated heterocycles. The van der Waals surface area contributed by atoms with Gasteiger partial charge in [-0.1, -0.05) is 30.3 Å². The number of amides is 1. The summed E-state index contributed by atoms with van der Waals surface area (Å²) in [5.41, 5.74) is 3.20. The Morgan fingerprint density at radius 3 is 2.55 bits per heavy atom. The van der Waals surface area contributed by atoms with E-state index in [1.54, 1.807) is 6.20 Å². The van der Waals surface area contributed by atoms with Gasteiger partial charge >= 0.3 is 0 Å². The Bertz CT molecular complexity index is 811. The minimum atomic E-state index is 0.0284. The minimum absolute atomic E-state index is 0.0284. The normalized spacial score (nSPS) is 18.1. The van der Waals surface area contributed by atoms with Crippen molar-refractivity contribution >= 4 is 11.6 Å². The molecule has 5 heteroatoms. The highest BCUT2D eigenvalue weighted by molar-refractivity contribution is 5.99. The second-order valence-corrected chi connectivity index (χ2v) is 9.01. The fourth-order valence-corrected chi connectivity index (χ4v) is 4.90. The number of rotatable bonds is 8. The van der Waals surface area contributed by atoms with Gasteiger partial charge in [0.1, 0.15) is 0 Å². The zero-order chi connectivity index (χ0) is 21.3. The third kappa shape index (κ3) is 6.30. The van der Waals surface area contributed by atoms with E-state index in [1.807, 2.05) is 12.3 Å². The van der Waals surface area contributed by atoms with Crippen LogP contribution in [0.4, 0.5) is 5.69 Å². The fourth-order valence-electron chi connectivity index (χ4n) is 4.90. The molecule has 3 heterocycles. The molecule has 0 saturated carbocycles. The Balaban J connectivity index is 1.18. The van der Waals surface area contributed by atoms with Crippen molar-refractivity contribution in [3.05, 3.63) is 59.9 Å². The van der Waals surface area contributed by atoms with Crippen LogP contribution in [0.5, 0.6) is 0 Å². The van der Waals surface area contributed by atoms with E-state index in [0.717, 1.165) is 49.9 Å². The van der Waals surface area contributed by atoms with Gasteiger partial charge < -0.3 is 15.1 Å². The molecule has 2 aromatic rings. The number of piperidine rings is 2. The van der Waals surface area contributed by atoms with Gasteiger partial charge in [0.05, 0.1) is 17.4 Å². The average molecular weight is 421 g/mol. The molecular formula is C26H36N4O. The van der Waals surface area contributed by atoms with Gasteiger partial charge in [-0.2, -0.15) is 0 Å². The van der Waals surface area contributed by atoms with E-state index >= 15 is 0 Å². The molecule has 2 fully saturated rings. The molecule has 0 atom stereocenters. The first-order valence-corrected chi connectivity index (χ1v) is 12.0. The molecule has 31 heavy (non-hydrogen) atoms. The number of anilines is 1. The van der Waals surface area contributed by atoms with Gasteiger partial charge in [-0.3, -0.25) is 9.78 Å². The lowest BCUT2D eigenvalue weighted by Gasteiger charge is -2.32. The van der Waals surface area contributed by atoms with Crippen molar-refractivity contribution in [2.45, 2.75) is 44.9 Å². The molecule has 2 aliphatic rings. The van der Waals surface area contributed by atoms with E-state index in [9.17, 15) is 4.79 Å². The first kappa shape index (κ1) is 21.8. The lowest BCUT2D eigenvalue weighted by Crippen LogP contribution is -2.40. The van der Waals surface area contributed by atoms with E-state index in [2.05, 4.69) is 50.4 Å². The van der Waals surface area contributed by atoms with Crippen molar-refractivity contribution in [2.24, 2.45) is 5.92 Å². The molecule has 0 aliphatic carbocycles. The minimum Gasteiger partial charge on any atom is -0.370 e. The van der Waals surface area contributed by atoms with Crippen LogP contribution in [0, 0.1) is 5.92 Å². The number of benzene rings is 1. The number of nitrogens with zero attached hydrogens (tertiary/aromatic N) is 3. The van der Waals surface area contributed by atoms with Crippen LogP contribution in [0.1, 0.15) is 54.4 Å². The predicted octanol–water partition coefficient (Wildman–Crippen LogP) is 4.15. The average Bonchev–Trinajstić information content (AvgIpc) is 2.85. The van der Waals surface area contributed by atoms with Crippen LogP contribution in [-0.4, -0.2) is 55.1 Å². The van der Waals surface area contributed by atoms with Gasteiger partial charge in [0.2, 0.25) is 0 Å². The van der Waals surface area contributed by atoms with Gasteiger partial charge in [0.25, 0.3) is 5.91 Å². The van der Waals surface area contributed by atoms with Crippen LogP contribution in [0.15, 0.2) is 48.8 Å². The summed E-state index contributed by atoms with van der Waals surface area (Å²) in [4.78, 5) is 21.9. The smallest absolute Gasteiger partial charge is 0.253 e. The molecule has 166 valence electrons. The van der Waals surface area contributed by atoms with Crippen LogP contribution in [0.3, 0.4) is 0 Å². The molecular weight excluding hydrogens is 384 g/mol. The van der Waals surface area contributed by atoms with Crippen molar-refractivity contribution in [1.29, 1.82) is 0 Å². The van der Waals surface area contributed by atoms with Gasteiger partial charge in [-0.15, -0.1) is 0 Å². The summed E-state index contributed by atoms with van der Waals surface area (Å²) in [5.74, 6) is 0.857. The molecule has 1 N–H and O–H groups in total. The topological polar surface area (TPSA) is 48.5 Å². The third-order valence-electron chi connectivity index (χ3n) is 6.85. The maximum atomic E-state index is 12.8. The van der Waals surface area contributed by atoms with Gasteiger partial charge in [-0.25, -0.2) is 0 Å². The molecule has 1 aromatic carbocycles. The van der Waals surface area contributed by atoms with E-state index in [0.29, 0.717) is 6.54 Å². The Hall–Kier alpha value is -2.40. The first-order chi connectivity index (χ1) is 15.3. The van der Waals surface area contributed by atoms with Crippen molar-refractivity contribution in [2.75, 3.05) is 44.2 Å². The molecule has 1 amide bonds. The summed E-state index contributed by atoms with van der Waals surface area (Å²) in [6.07, 6.45) is 12.2. The number of pyridine rings is 1. The molecule has 0 bridgehead atoms. The number of aromatic nitrogens is 1. The van der Waals surface area contributed by atoms with Crippen LogP contribution in [-0.2, 0) is 6.42 Å². The Morgan fingerprint density at radius 1 is 1.00 bits per heavy atom. The first-order valence-electron chi connectivity index (χ1n) is 12.0. The number of hydrogen-bond donors (Lipinski definition) is 1. The van der Waals surface area contributed by atoms with E-state index in [-0.39, 0.29) is 5.91 Å². The van der Waals surface area contributed by atoms with Crippen LogP contribution >= 0.6 is 0 Å². The summed E-state index contributed by atoms with van der Waals surface area (Å²) >= 11 is 0. The number of carbonyl (C=O) groups excluding carboxylic acids is 1. The standard InChI is InChI=1S/C26H36N4O/c31-26(24-11-14-27-21-25(24)30-16-5-2-6-17-30)28-15-20-29-18-12-23(13-19-29)10-9-22-7-3-1-4-8-22/h1,3-4,7-8,11,14,21,23H,2,5-6,9-10,12-13,15-20H2,(H,28,31). The second-order valence-electron chi connectivity index (χ2n) is 9.01. The van der Waals surface area contributed by atoms with E-state index in [1.165, 1.54) is 50.5 Å². The number of hydrogen-bond acceptors (Lipinski definition) is 4. The summed E-state index contributed by atoms with van der Waals surface area (Å²) in [6, 6.07) is 12.7. The SMILES string of the molecule is O=C(NCCN1CCC(CCc2ccccc2)CC1)c1ccncc1N1CCCCC1. The third-order valence-corrected chi connectivity index (χ3v) is 6.85. The van der Waals surface area contributed by atoms with Crippen molar-refractivity contribution in [3.63, 3.8) is 0 Å². The predicted molar refractivity (Wildman–Crippen MR) is 127 cm³/mol. The highest BCUT2D eigenvalue weighted by Gasteiger charge is 2.21. The maximum absolute atomic E-state index is 12.8. The summed E-state index contributed by atoms with van der Waals surface area (Å²) in [5, 5.41) is 3.15. The van der Waals surface area contributed by atoms with Crippen LogP contribution in [0.25, 0.3) is 0 Å². The molecule has 1 aromatic heterocycles. The largest absolute Gasteiger partial charge is 0.370 e. The Kier molecular flexibility index (Phi) is 7.94.